The zero-order valence-electron chi connectivity index (χ0n) is 18.5. The molecule has 0 unspecified atom stereocenters. The van der Waals surface area contributed by atoms with E-state index in [1.807, 2.05) is 0 Å². The predicted octanol–water partition coefficient (Wildman–Crippen LogP) is 3.67. The van der Waals surface area contributed by atoms with E-state index >= 15 is 0 Å². The second-order valence-corrected chi connectivity index (χ2v) is 7.63. The maximum absolute atomic E-state index is 13.0. The second-order valence-electron chi connectivity index (χ2n) is 7.63. The molecule has 1 heterocycles. The maximum Gasteiger partial charge on any atom is 0.410 e. The first-order valence-corrected chi connectivity index (χ1v) is 10.5. The van der Waals surface area contributed by atoms with Crippen LogP contribution in [0.3, 0.4) is 0 Å². The molecule has 0 fully saturated rings. The number of likely N-dealkylation sites (N-methyl/N-ethyl adjacent to an activating group) is 1. The van der Waals surface area contributed by atoms with Gasteiger partial charge in [0.15, 0.2) is 0 Å². The summed E-state index contributed by atoms with van der Waals surface area (Å²) in [4.78, 5) is 41.2. The normalized spacial score (nSPS) is 11.4. The number of amides is 2. The third-order valence-electron chi connectivity index (χ3n) is 5.07. The van der Waals surface area contributed by atoms with Crippen molar-refractivity contribution in [2.75, 3.05) is 12.4 Å². The van der Waals surface area contributed by atoms with E-state index in [0.717, 1.165) is 4.90 Å². The van der Waals surface area contributed by atoms with Gasteiger partial charge in [-0.15, -0.1) is 0 Å². The van der Waals surface area contributed by atoms with Crippen LogP contribution in [-0.4, -0.2) is 46.0 Å². The Balaban J connectivity index is 1.50. The number of carboxylic acids is 1. The monoisotopic (exact) mass is 465 g/mol. The van der Waals surface area contributed by atoms with Gasteiger partial charge in [-0.25, -0.2) is 14.0 Å². The molecule has 0 aliphatic carbocycles. The molecule has 8 nitrogen and oxygen atoms in total. The lowest BCUT2D eigenvalue weighted by atomic mass is 10.1. The molecule has 0 radical (unpaired) electrons. The molecule has 176 valence electrons. The quantitative estimate of drug-likeness (QED) is 0.499. The number of carbonyl (C=O) groups excluding carboxylic acids is 2. The largest absolute Gasteiger partial charge is 0.480 e. The molecular formula is C25H24FN3O5. The van der Waals surface area contributed by atoms with Crippen molar-refractivity contribution in [3.8, 4) is 0 Å². The molecule has 1 atom stereocenters. The first-order chi connectivity index (χ1) is 16.3. The third kappa shape index (κ3) is 7.13. The Kier molecular flexibility index (Phi) is 8.28. The number of nitrogens with zero attached hydrogens (tertiary/aromatic N) is 2. The van der Waals surface area contributed by atoms with Gasteiger partial charge in [0.1, 0.15) is 18.5 Å². The van der Waals surface area contributed by atoms with E-state index in [4.69, 9.17) is 4.74 Å². The van der Waals surface area contributed by atoms with Crippen molar-refractivity contribution >= 4 is 23.7 Å². The van der Waals surface area contributed by atoms with Gasteiger partial charge in [-0.05, 0) is 47.0 Å². The van der Waals surface area contributed by atoms with Crippen molar-refractivity contribution in [3.63, 3.8) is 0 Å². The summed E-state index contributed by atoms with van der Waals surface area (Å²) < 4.78 is 18.2. The van der Waals surface area contributed by atoms with E-state index < -0.39 is 18.1 Å². The number of carboxylic acid groups (broad SMARTS) is 1. The average molecular weight is 465 g/mol. The highest BCUT2D eigenvalue weighted by atomic mass is 19.1. The lowest BCUT2D eigenvalue weighted by Gasteiger charge is -2.24. The number of carbonyl (C=O) groups is 3. The van der Waals surface area contributed by atoms with Gasteiger partial charge in [-0.1, -0.05) is 30.3 Å². The van der Waals surface area contributed by atoms with Crippen molar-refractivity contribution in [2.24, 2.45) is 0 Å². The van der Waals surface area contributed by atoms with Crippen LogP contribution in [0.25, 0.3) is 0 Å². The molecule has 0 bridgehead atoms. The zero-order chi connectivity index (χ0) is 24.5. The highest BCUT2D eigenvalue weighted by Gasteiger charge is 2.28. The molecule has 0 saturated heterocycles. The van der Waals surface area contributed by atoms with Crippen molar-refractivity contribution in [2.45, 2.75) is 25.5 Å². The van der Waals surface area contributed by atoms with Gasteiger partial charge in [0.2, 0.25) is 5.91 Å². The van der Waals surface area contributed by atoms with E-state index in [9.17, 15) is 23.9 Å². The number of ether oxygens (including phenoxy) is 1. The minimum absolute atomic E-state index is 0.0633. The molecule has 34 heavy (non-hydrogen) atoms. The minimum atomic E-state index is -1.15. The summed E-state index contributed by atoms with van der Waals surface area (Å²) in [6.07, 6.45) is 2.57. The number of hydrogen-bond acceptors (Lipinski definition) is 5. The molecular weight excluding hydrogens is 441 g/mol. The summed E-state index contributed by atoms with van der Waals surface area (Å²) in [5, 5.41) is 12.3. The van der Waals surface area contributed by atoms with E-state index in [-0.39, 0.29) is 31.2 Å². The molecule has 0 aliphatic heterocycles. The third-order valence-corrected chi connectivity index (χ3v) is 5.07. The lowest BCUT2D eigenvalue weighted by molar-refractivity contribution is -0.142. The number of aliphatic carboxylic acids is 1. The van der Waals surface area contributed by atoms with Crippen LogP contribution in [0.2, 0.25) is 0 Å². The van der Waals surface area contributed by atoms with Crippen LogP contribution in [-0.2, 0) is 33.8 Å². The number of nitrogens with one attached hydrogen (secondary N) is 1. The maximum atomic E-state index is 13.0. The topological polar surface area (TPSA) is 109 Å². The Labute approximate surface area is 196 Å². The predicted molar refractivity (Wildman–Crippen MR) is 122 cm³/mol. The molecule has 0 saturated carbocycles. The number of benzene rings is 2. The average Bonchev–Trinajstić information content (AvgIpc) is 2.83. The number of halogens is 1. The fourth-order valence-electron chi connectivity index (χ4n) is 3.18. The van der Waals surface area contributed by atoms with Gasteiger partial charge in [-0.2, -0.15) is 0 Å². The number of rotatable bonds is 9. The number of anilines is 1. The van der Waals surface area contributed by atoms with Crippen LogP contribution in [0.15, 0.2) is 73.1 Å². The zero-order valence-corrected chi connectivity index (χ0v) is 18.5. The fourth-order valence-corrected chi connectivity index (χ4v) is 3.18. The van der Waals surface area contributed by atoms with Crippen molar-refractivity contribution in [1.82, 2.24) is 9.88 Å². The summed E-state index contributed by atoms with van der Waals surface area (Å²) >= 11 is 0. The van der Waals surface area contributed by atoms with Gasteiger partial charge in [0.05, 0.1) is 6.42 Å². The van der Waals surface area contributed by atoms with E-state index in [0.29, 0.717) is 22.4 Å². The minimum Gasteiger partial charge on any atom is -0.480 e. The first kappa shape index (κ1) is 24.4. The number of aromatic nitrogens is 1. The Morgan fingerprint density at radius 1 is 1.03 bits per heavy atom. The summed E-state index contributed by atoms with van der Waals surface area (Å²) in [5.41, 5.74) is 2.60. The number of pyridine rings is 1. The van der Waals surface area contributed by atoms with Gasteiger partial charge >= 0.3 is 12.1 Å². The summed E-state index contributed by atoms with van der Waals surface area (Å²) in [7, 11) is 1.37. The summed E-state index contributed by atoms with van der Waals surface area (Å²) in [5.74, 6) is -1.76. The molecule has 2 N–H and O–H groups in total. The SMILES string of the molecule is CN(C(=O)OCc1ccc(NC(=O)Cc2ccc(F)cc2)cc1)[C@@H](Cc1cccnc1)C(=O)O. The van der Waals surface area contributed by atoms with E-state index in [1.54, 1.807) is 60.9 Å². The van der Waals surface area contributed by atoms with Crippen LogP contribution in [0, 0.1) is 5.82 Å². The van der Waals surface area contributed by atoms with Gasteiger partial charge in [0.25, 0.3) is 0 Å². The van der Waals surface area contributed by atoms with E-state index in [2.05, 4.69) is 10.3 Å². The molecule has 2 amide bonds. The molecule has 3 aromatic rings. The van der Waals surface area contributed by atoms with Gasteiger partial charge in [0, 0.05) is 31.5 Å². The Hall–Kier alpha value is -4.27. The van der Waals surface area contributed by atoms with Crippen LogP contribution in [0.4, 0.5) is 14.9 Å². The van der Waals surface area contributed by atoms with Crippen LogP contribution in [0.1, 0.15) is 16.7 Å². The van der Waals surface area contributed by atoms with Crippen molar-refractivity contribution in [1.29, 1.82) is 0 Å². The Morgan fingerprint density at radius 3 is 2.32 bits per heavy atom. The molecule has 0 aliphatic rings. The van der Waals surface area contributed by atoms with Crippen molar-refractivity contribution < 1.29 is 28.6 Å². The molecule has 0 spiro atoms. The summed E-state index contributed by atoms with van der Waals surface area (Å²) in [6, 6.07) is 14.7. The Morgan fingerprint density at radius 2 is 1.71 bits per heavy atom. The molecule has 9 heteroatoms. The van der Waals surface area contributed by atoms with Crippen LogP contribution >= 0.6 is 0 Å². The summed E-state index contributed by atoms with van der Waals surface area (Å²) in [6.45, 7) is -0.0633. The molecule has 1 aromatic heterocycles. The molecule has 3 rings (SSSR count). The Bertz CT molecular complexity index is 1120. The first-order valence-electron chi connectivity index (χ1n) is 10.5. The second kappa shape index (κ2) is 11.6. The smallest absolute Gasteiger partial charge is 0.410 e. The molecule has 2 aromatic carbocycles. The van der Waals surface area contributed by atoms with Crippen LogP contribution in [0.5, 0.6) is 0 Å². The van der Waals surface area contributed by atoms with E-state index in [1.165, 1.54) is 19.2 Å². The van der Waals surface area contributed by atoms with Crippen molar-refractivity contribution in [3.05, 3.63) is 95.6 Å². The lowest BCUT2D eigenvalue weighted by Crippen LogP contribution is -2.44. The van der Waals surface area contributed by atoms with Crippen LogP contribution < -0.4 is 5.32 Å². The standard InChI is InChI=1S/C25H24FN3O5/c1-29(22(24(31)32)13-19-3-2-12-27-15-19)25(33)34-16-18-6-10-21(11-7-18)28-23(30)14-17-4-8-20(26)9-5-17/h2-12,15,22H,13-14,16H2,1H3,(H,28,30)(H,31,32)/t22-/m0/s1. The highest BCUT2D eigenvalue weighted by Crippen LogP contribution is 2.14. The number of hydrogen-bond donors (Lipinski definition) is 2. The fraction of sp³-hybridized carbons (Fsp3) is 0.200. The van der Waals surface area contributed by atoms with Gasteiger partial charge < -0.3 is 15.2 Å². The van der Waals surface area contributed by atoms with Gasteiger partial charge in [-0.3, -0.25) is 14.7 Å². The highest BCUT2D eigenvalue weighted by molar-refractivity contribution is 5.92.